The van der Waals surface area contributed by atoms with Crippen LogP contribution >= 0.6 is 15.6 Å². The molecule has 0 amide bonds. The number of hydrogen-bond donors (Lipinski definition) is 3. The van der Waals surface area contributed by atoms with Gasteiger partial charge < -0.3 is 33.8 Å². The van der Waals surface area contributed by atoms with Gasteiger partial charge in [0.2, 0.25) is 0 Å². The second-order valence-corrected chi connectivity index (χ2v) is 29.8. The molecule has 0 aromatic rings. The van der Waals surface area contributed by atoms with E-state index in [-0.39, 0.29) is 25.7 Å². The maximum atomic E-state index is 13.0. The molecule has 91 heavy (non-hydrogen) atoms. The lowest BCUT2D eigenvalue weighted by Crippen LogP contribution is -2.30. The number of hydrogen-bond acceptors (Lipinski definition) is 15. The van der Waals surface area contributed by atoms with Crippen molar-refractivity contribution >= 4 is 39.5 Å². The lowest BCUT2D eigenvalue weighted by atomic mass is 10.0. The Kier molecular flexibility index (Phi) is 62.7. The van der Waals surface area contributed by atoms with Crippen LogP contribution in [-0.4, -0.2) is 96.7 Å². The molecule has 17 nitrogen and oxygen atoms in total. The van der Waals surface area contributed by atoms with Crippen molar-refractivity contribution in [2.75, 3.05) is 39.6 Å². The van der Waals surface area contributed by atoms with Gasteiger partial charge in [0.15, 0.2) is 12.2 Å². The predicted octanol–water partition coefficient (Wildman–Crippen LogP) is 20.8. The Morgan fingerprint density at radius 1 is 0.297 bits per heavy atom. The van der Waals surface area contributed by atoms with Crippen LogP contribution < -0.4 is 0 Å². The van der Waals surface area contributed by atoms with Crippen LogP contribution in [0.25, 0.3) is 0 Å². The first-order valence-electron chi connectivity index (χ1n) is 37.5. The summed E-state index contributed by atoms with van der Waals surface area (Å²) in [7, 11) is -9.89. The van der Waals surface area contributed by atoms with Crippen LogP contribution in [0.4, 0.5) is 0 Å². The summed E-state index contributed by atoms with van der Waals surface area (Å²) in [4.78, 5) is 72.4. The van der Waals surface area contributed by atoms with E-state index in [0.29, 0.717) is 25.7 Å². The van der Waals surface area contributed by atoms with Crippen molar-refractivity contribution in [2.24, 2.45) is 11.8 Å². The van der Waals surface area contributed by atoms with Crippen molar-refractivity contribution in [3.63, 3.8) is 0 Å². The molecule has 0 aliphatic heterocycles. The van der Waals surface area contributed by atoms with Gasteiger partial charge in [-0.25, -0.2) is 9.13 Å². The van der Waals surface area contributed by atoms with Gasteiger partial charge in [0.25, 0.3) is 0 Å². The summed E-state index contributed by atoms with van der Waals surface area (Å²) in [5, 5.41) is 10.6. The van der Waals surface area contributed by atoms with Gasteiger partial charge >= 0.3 is 39.5 Å². The highest BCUT2D eigenvalue weighted by molar-refractivity contribution is 7.47. The van der Waals surface area contributed by atoms with E-state index in [1.54, 1.807) is 0 Å². The topological polar surface area (TPSA) is 237 Å². The fourth-order valence-corrected chi connectivity index (χ4v) is 12.5. The molecule has 0 aromatic carbocycles. The molecule has 0 saturated carbocycles. The van der Waals surface area contributed by atoms with Crippen LogP contribution in [0.2, 0.25) is 0 Å². The zero-order valence-electron chi connectivity index (χ0n) is 59.1. The third kappa shape index (κ3) is 66.5. The van der Waals surface area contributed by atoms with E-state index in [1.807, 2.05) is 0 Å². The van der Waals surface area contributed by atoms with Crippen molar-refractivity contribution in [3.8, 4) is 0 Å². The molecule has 5 atom stereocenters. The first kappa shape index (κ1) is 89.1. The van der Waals surface area contributed by atoms with Crippen LogP contribution in [0.3, 0.4) is 0 Å². The number of esters is 4. The molecule has 0 heterocycles. The first-order valence-corrected chi connectivity index (χ1v) is 40.5. The number of ether oxygens (including phenoxy) is 4. The smallest absolute Gasteiger partial charge is 0.462 e. The summed E-state index contributed by atoms with van der Waals surface area (Å²) >= 11 is 0. The third-order valence-corrected chi connectivity index (χ3v) is 18.6. The largest absolute Gasteiger partial charge is 0.472 e. The Hall–Kier alpha value is -1.94. The molecule has 0 aliphatic carbocycles. The lowest BCUT2D eigenvalue weighted by molar-refractivity contribution is -0.161. The van der Waals surface area contributed by atoms with Crippen molar-refractivity contribution in [2.45, 2.75) is 387 Å². The van der Waals surface area contributed by atoms with Crippen LogP contribution in [-0.2, 0) is 65.4 Å². The summed E-state index contributed by atoms with van der Waals surface area (Å²) in [5.41, 5.74) is 0. The zero-order valence-corrected chi connectivity index (χ0v) is 60.9. The minimum absolute atomic E-state index is 0.104. The molecule has 0 bridgehead atoms. The number of carbonyl (C=O) groups is 4. The molecule has 0 aromatic heterocycles. The van der Waals surface area contributed by atoms with E-state index in [4.69, 9.17) is 37.0 Å². The number of aliphatic hydroxyl groups is 1. The monoisotopic (exact) mass is 1340 g/mol. The van der Waals surface area contributed by atoms with Gasteiger partial charge in [-0.05, 0) is 37.5 Å². The van der Waals surface area contributed by atoms with Gasteiger partial charge in [0.1, 0.15) is 19.3 Å². The third-order valence-electron chi connectivity index (χ3n) is 16.7. The number of aliphatic hydroxyl groups excluding tert-OH is 1. The highest BCUT2D eigenvalue weighted by atomic mass is 31.2. The normalized spacial score (nSPS) is 14.1. The van der Waals surface area contributed by atoms with Crippen molar-refractivity contribution in [3.05, 3.63) is 0 Å². The number of unbranched alkanes of at least 4 members (excludes halogenated alkanes) is 41. The summed E-state index contributed by atoms with van der Waals surface area (Å²) in [5.74, 6) is -0.593. The molecule has 2 unspecified atom stereocenters. The summed E-state index contributed by atoms with van der Waals surface area (Å²) in [6.07, 6.45) is 50.4. The van der Waals surface area contributed by atoms with Gasteiger partial charge in [-0.3, -0.25) is 37.3 Å². The van der Waals surface area contributed by atoms with E-state index in [1.165, 1.54) is 180 Å². The second-order valence-electron chi connectivity index (χ2n) is 26.9. The van der Waals surface area contributed by atoms with E-state index < -0.39 is 97.5 Å². The average molecular weight is 1340 g/mol. The van der Waals surface area contributed by atoms with Crippen LogP contribution in [0.15, 0.2) is 0 Å². The van der Waals surface area contributed by atoms with Gasteiger partial charge in [-0.15, -0.1) is 0 Å². The quantitative estimate of drug-likeness (QED) is 0.0222. The minimum atomic E-state index is -4.95. The predicted molar refractivity (Wildman–Crippen MR) is 368 cm³/mol. The van der Waals surface area contributed by atoms with Crippen LogP contribution in [0.5, 0.6) is 0 Å². The van der Waals surface area contributed by atoms with Crippen molar-refractivity contribution in [1.29, 1.82) is 0 Å². The van der Waals surface area contributed by atoms with Gasteiger partial charge in [-0.2, -0.15) is 0 Å². The maximum absolute atomic E-state index is 13.0. The Morgan fingerprint density at radius 3 is 0.747 bits per heavy atom. The van der Waals surface area contributed by atoms with Crippen LogP contribution in [0.1, 0.15) is 369 Å². The first-order chi connectivity index (χ1) is 43.9. The molecule has 0 fully saturated rings. The van der Waals surface area contributed by atoms with Crippen molar-refractivity contribution < 1.29 is 80.2 Å². The van der Waals surface area contributed by atoms with Gasteiger partial charge in [0, 0.05) is 25.7 Å². The Labute approximate surface area is 556 Å². The molecule has 0 radical (unpaired) electrons. The Morgan fingerprint density at radius 2 is 0.505 bits per heavy atom. The molecule has 3 N–H and O–H groups in total. The van der Waals surface area contributed by atoms with E-state index in [2.05, 4.69) is 41.5 Å². The van der Waals surface area contributed by atoms with E-state index >= 15 is 0 Å². The van der Waals surface area contributed by atoms with Gasteiger partial charge in [0.05, 0.1) is 26.4 Å². The molecular formula is C72H140O17P2. The molecule has 0 saturated heterocycles. The highest BCUT2D eigenvalue weighted by Gasteiger charge is 2.30. The Balaban J connectivity index is 5.15. The molecule has 0 spiro atoms. The molecule has 0 rings (SSSR count). The average Bonchev–Trinajstić information content (AvgIpc) is 3.15. The lowest BCUT2D eigenvalue weighted by Gasteiger charge is -2.21. The molecular weight excluding hydrogens is 1200 g/mol. The molecule has 19 heteroatoms. The summed E-state index contributed by atoms with van der Waals surface area (Å²) < 4.78 is 68.2. The van der Waals surface area contributed by atoms with E-state index in [9.17, 15) is 43.2 Å². The SMILES string of the molecule is CCCCCCCCCCCCCCCCCCC(=O)OC[C@H](COP(=O)(O)OC[C@@H](O)COP(=O)(O)OC[C@@H](COC(=O)CCCCCCC)OC(=O)CCCCCCCCCCCC(C)C)OC(=O)CCCCCCCCCCCCCCCCCC(C)C. The minimum Gasteiger partial charge on any atom is -0.462 e. The highest BCUT2D eigenvalue weighted by Crippen LogP contribution is 2.45. The molecule has 540 valence electrons. The molecule has 0 aliphatic rings. The number of rotatable bonds is 71. The fraction of sp³-hybridized carbons (Fsp3) is 0.944. The van der Waals surface area contributed by atoms with Crippen molar-refractivity contribution in [1.82, 2.24) is 0 Å². The number of carbonyl (C=O) groups excluding carboxylic acids is 4. The van der Waals surface area contributed by atoms with E-state index in [0.717, 1.165) is 108 Å². The maximum Gasteiger partial charge on any atom is 0.472 e. The summed E-state index contributed by atoms with van der Waals surface area (Å²) in [6.45, 7) is 9.48. The summed E-state index contributed by atoms with van der Waals surface area (Å²) in [6, 6.07) is 0. The number of phosphoric ester groups is 2. The standard InChI is InChI=1S/C72H140O17P2/c1-7-9-11-13-14-15-16-17-18-21-24-27-32-37-43-49-55-70(75)83-61-68(89-71(76)56-50-44-38-33-28-25-22-19-20-23-26-30-35-41-46-52-64(3)4)63-87-91(80,81)85-59-66(73)58-84-90(78,79)86-62-67(60-82-69(74)54-48-40-12-10-8-2)88-72(77)57-51-45-39-34-29-31-36-42-47-53-65(5)6/h64-68,73H,7-63H2,1-6H3,(H,78,79)(H,80,81)/t66-,67+,68+/m0/s1. The zero-order chi connectivity index (χ0) is 67.2. The van der Waals surface area contributed by atoms with Crippen LogP contribution in [0, 0.1) is 11.8 Å². The second kappa shape index (κ2) is 64.1. The fourth-order valence-electron chi connectivity index (χ4n) is 10.9. The Bertz CT molecular complexity index is 1770. The van der Waals surface area contributed by atoms with Gasteiger partial charge in [-0.1, -0.05) is 318 Å². The number of phosphoric acid groups is 2.